The number of carboxylic acid groups (broad SMARTS) is 1. The molecule has 0 fully saturated rings. The molecule has 0 N–H and O–H groups in total. The average molecular weight is 472 g/mol. The van der Waals surface area contributed by atoms with Gasteiger partial charge in [-0.15, -0.1) is 0 Å². The van der Waals surface area contributed by atoms with E-state index in [1.807, 2.05) is 39.0 Å². The van der Waals surface area contributed by atoms with Crippen LogP contribution in [0.4, 0.5) is 0 Å². The summed E-state index contributed by atoms with van der Waals surface area (Å²) in [5.74, 6) is -0.627. The molecule has 0 unspecified atom stereocenters. The van der Waals surface area contributed by atoms with Crippen molar-refractivity contribution in [3.05, 3.63) is 59.7 Å². The molecule has 6 nitrogen and oxygen atoms in total. The first-order chi connectivity index (χ1) is 16.0. The third-order valence-corrected chi connectivity index (χ3v) is 8.36. The van der Waals surface area contributed by atoms with E-state index in [1.54, 1.807) is 7.11 Å². The monoisotopic (exact) mass is 471 g/mol. The third-order valence-electron chi connectivity index (χ3n) is 5.21. The molecule has 0 bridgehead atoms. The molecular weight excluding hydrogens is 436 g/mol. The van der Waals surface area contributed by atoms with Gasteiger partial charge in [0.2, 0.25) is 0 Å². The summed E-state index contributed by atoms with van der Waals surface area (Å²) in [7, 11) is -0.997. The van der Waals surface area contributed by atoms with Gasteiger partial charge in [0.1, 0.15) is 5.75 Å². The van der Waals surface area contributed by atoms with E-state index in [0.29, 0.717) is 31.1 Å². The normalized spacial score (nSPS) is 11.8. The van der Waals surface area contributed by atoms with Crippen molar-refractivity contribution in [1.29, 1.82) is 0 Å². The molecule has 7 heteroatoms. The van der Waals surface area contributed by atoms with Crippen LogP contribution in [-0.4, -0.2) is 41.7 Å². The highest BCUT2D eigenvalue weighted by atomic mass is 28.4. The molecule has 0 saturated heterocycles. The fraction of sp³-hybridized carbons (Fsp3) is 0.423. The highest BCUT2D eigenvalue weighted by Crippen LogP contribution is 2.29. The lowest BCUT2D eigenvalue weighted by molar-refractivity contribution is -0.297. The van der Waals surface area contributed by atoms with Gasteiger partial charge in [0.25, 0.3) is 0 Å². The summed E-state index contributed by atoms with van der Waals surface area (Å²) in [6, 6.07) is 15.0. The first kappa shape index (κ1) is 26.8. The van der Waals surface area contributed by atoms with Crippen molar-refractivity contribution in [1.82, 2.24) is 0 Å². The molecule has 0 aliphatic carbocycles. The minimum absolute atomic E-state index is 0.604. The summed E-state index contributed by atoms with van der Waals surface area (Å²) in [6.07, 6.45) is 5.48. The highest BCUT2D eigenvalue weighted by Gasteiger charge is 2.39. The first-order valence-electron chi connectivity index (χ1n) is 11.5. The first-order valence-corrected chi connectivity index (χ1v) is 13.5. The second-order valence-electron chi connectivity index (χ2n) is 7.50. The van der Waals surface area contributed by atoms with Crippen LogP contribution in [0.5, 0.6) is 5.75 Å². The van der Waals surface area contributed by atoms with Crippen LogP contribution in [0.2, 0.25) is 6.04 Å². The molecule has 0 aliphatic heterocycles. The number of carbonyl (C=O) groups is 1. The van der Waals surface area contributed by atoms with Crippen LogP contribution < -0.4 is 9.84 Å². The number of hydrogen-bond donors (Lipinski definition) is 0. The molecule has 0 heterocycles. The van der Waals surface area contributed by atoms with Crippen LogP contribution in [-0.2, 0) is 24.5 Å². The second kappa shape index (κ2) is 13.9. The fourth-order valence-electron chi connectivity index (χ4n) is 3.72. The number of benzene rings is 2. The van der Waals surface area contributed by atoms with E-state index in [1.165, 1.54) is 11.6 Å². The molecule has 2 aromatic carbocycles. The van der Waals surface area contributed by atoms with Crippen LogP contribution in [0.3, 0.4) is 0 Å². The van der Waals surface area contributed by atoms with Crippen molar-refractivity contribution >= 4 is 20.8 Å². The molecule has 0 spiro atoms. The Morgan fingerprint density at radius 1 is 0.909 bits per heavy atom. The Balaban J connectivity index is 1.98. The van der Waals surface area contributed by atoms with Crippen molar-refractivity contribution in [2.75, 3.05) is 26.9 Å². The number of hydrogen-bond acceptors (Lipinski definition) is 6. The van der Waals surface area contributed by atoms with Gasteiger partial charge < -0.3 is 27.9 Å². The van der Waals surface area contributed by atoms with Gasteiger partial charge in [-0.2, -0.15) is 0 Å². The summed E-state index contributed by atoms with van der Waals surface area (Å²) in [5, 5.41) is 10.7. The lowest BCUT2D eigenvalue weighted by Gasteiger charge is -2.28. The van der Waals surface area contributed by atoms with E-state index in [9.17, 15) is 9.90 Å². The van der Waals surface area contributed by atoms with Crippen molar-refractivity contribution in [2.45, 2.75) is 46.1 Å². The minimum Gasteiger partial charge on any atom is -0.545 e. The predicted molar refractivity (Wildman–Crippen MR) is 131 cm³/mol. The van der Waals surface area contributed by atoms with Crippen LogP contribution in [0.15, 0.2) is 48.5 Å². The van der Waals surface area contributed by atoms with Gasteiger partial charge in [-0.05, 0) is 74.9 Å². The number of carbonyl (C=O) groups excluding carboxylic acids is 1. The maximum Gasteiger partial charge on any atom is 0.500 e. The maximum atomic E-state index is 10.7. The van der Waals surface area contributed by atoms with E-state index in [4.69, 9.17) is 18.0 Å². The fourth-order valence-corrected chi connectivity index (χ4v) is 6.41. The number of aryl methyl sites for hydroxylation is 1. The highest BCUT2D eigenvalue weighted by molar-refractivity contribution is 6.60. The lowest BCUT2D eigenvalue weighted by atomic mass is 10.00. The Kier molecular flexibility index (Phi) is 11.3. The summed E-state index contributed by atoms with van der Waals surface area (Å²) in [4.78, 5) is 10.7. The predicted octanol–water partition coefficient (Wildman–Crippen LogP) is 4.50. The van der Waals surface area contributed by atoms with Gasteiger partial charge in [0.15, 0.2) is 0 Å². The van der Waals surface area contributed by atoms with Gasteiger partial charge in [0.05, 0.1) is 13.1 Å². The van der Waals surface area contributed by atoms with Crippen molar-refractivity contribution in [3.63, 3.8) is 0 Å². The van der Waals surface area contributed by atoms with Gasteiger partial charge >= 0.3 is 8.80 Å². The van der Waals surface area contributed by atoms with Crippen molar-refractivity contribution in [2.24, 2.45) is 0 Å². The molecule has 180 valence electrons. The Morgan fingerprint density at radius 3 is 2.06 bits per heavy atom. The van der Waals surface area contributed by atoms with Gasteiger partial charge in [-0.25, -0.2) is 0 Å². The molecule has 2 aromatic rings. The standard InChI is InChI=1S/C26H36O6Si/c1-5-30-33(31-6-2,32-7-3)19-9-8-10-21-11-13-22(14-12-21)24-16-15-23(17-18-26(27)28)25(20-24)29-4/h11-18,20H,5-10,19H2,1-4H3,(H,27,28)/p-1/b18-17+. The van der Waals surface area contributed by atoms with E-state index in [2.05, 4.69) is 24.3 Å². The van der Waals surface area contributed by atoms with Crippen LogP contribution in [0.1, 0.15) is 44.7 Å². The molecular formula is C26H35O6Si-. The smallest absolute Gasteiger partial charge is 0.500 e. The van der Waals surface area contributed by atoms with Crippen LogP contribution >= 0.6 is 0 Å². The van der Waals surface area contributed by atoms with Gasteiger partial charge in [-0.1, -0.05) is 36.4 Å². The Labute approximate surface area is 198 Å². The van der Waals surface area contributed by atoms with Gasteiger partial charge in [0, 0.05) is 31.4 Å². The number of unbranched alkanes of at least 4 members (excludes halogenated alkanes) is 1. The van der Waals surface area contributed by atoms with Crippen molar-refractivity contribution < 1.29 is 27.9 Å². The molecule has 0 saturated carbocycles. The average Bonchev–Trinajstić information content (AvgIpc) is 2.81. The zero-order valence-corrected chi connectivity index (χ0v) is 21.1. The van der Waals surface area contributed by atoms with E-state index in [0.717, 1.165) is 42.5 Å². The molecule has 0 aromatic heterocycles. The number of ether oxygens (including phenoxy) is 1. The number of rotatable bonds is 15. The second-order valence-corrected chi connectivity index (χ2v) is 10.2. The maximum absolute atomic E-state index is 10.7. The Morgan fingerprint density at radius 2 is 1.52 bits per heavy atom. The topological polar surface area (TPSA) is 77.1 Å². The summed E-state index contributed by atoms with van der Waals surface area (Å²) in [6.45, 7) is 7.75. The van der Waals surface area contributed by atoms with Crippen LogP contribution in [0.25, 0.3) is 17.2 Å². The van der Waals surface area contributed by atoms with Crippen molar-refractivity contribution in [3.8, 4) is 16.9 Å². The molecule has 33 heavy (non-hydrogen) atoms. The Hall–Kier alpha value is -2.45. The van der Waals surface area contributed by atoms with E-state index < -0.39 is 14.8 Å². The zero-order chi connectivity index (χ0) is 24.1. The number of methoxy groups -OCH3 is 1. The quantitative estimate of drug-likeness (QED) is 0.216. The summed E-state index contributed by atoms with van der Waals surface area (Å²) in [5.41, 5.74) is 4.04. The molecule has 0 aliphatic rings. The minimum atomic E-state index is -2.57. The Bertz CT molecular complexity index is 877. The molecule has 0 radical (unpaired) electrons. The van der Waals surface area contributed by atoms with E-state index >= 15 is 0 Å². The third kappa shape index (κ3) is 8.44. The van der Waals surface area contributed by atoms with Crippen LogP contribution in [0, 0.1) is 0 Å². The summed E-state index contributed by atoms with van der Waals surface area (Å²) >= 11 is 0. The summed E-state index contributed by atoms with van der Waals surface area (Å²) < 4.78 is 23.2. The van der Waals surface area contributed by atoms with Gasteiger partial charge in [-0.3, -0.25) is 0 Å². The van der Waals surface area contributed by atoms with E-state index in [-0.39, 0.29) is 0 Å². The molecule has 2 rings (SSSR count). The largest absolute Gasteiger partial charge is 0.545 e. The lowest BCUT2D eigenvalue weighted by Crippen LogP contribution is -2.45. The number of carboxylic acids is 1. The number of aliphatic carboxylic acids is 1. The molecule has 0 amide bonds. The zero-order valence-electron chi connectivity index (χ0n) is 20.1. The molecule has 0 atom stereocenters. The SMILES string of the molecule is CCO[Si](CCCCc1ccc(-c2ccc(/C=C/C(=O)[O-])c(OC)c2)cc1)(OCC)OCC.